The van der Waals surface area contributed by atoms with Gasteiger partial charge in [-0.1, -0.05) is 13.8 Å². The van der Waals surface area contributed by atoms with E-state index in [2.05, 4.69) is 5.32 Å². The Balaban J connectivity index is 2.74. The number of amides is 1. The zero-order valence-corrected chi connectivity index (χ0v) is 15.5. The number of aliphatic hydroxyl groups is 1. The summed E-state index contributed by atoms with van der Waals surface area (Å²) in [5, 5.41) is 12.2. The smallest absolute Gasteiger partial charge is 0.327 e. The fraction of sp³-hybridized carbons (Fsp3) is 0.500. The Hall–Kier alpha value is -2.04. The average Bonchev–Trinajstić information content (AvgIpc) is 2.55. The SMILES string of the molecule is CC(C)CNC(=O)COC(=O)[C@@H](NS(=O)(=O)c1ccc(F)cc1)[C@H](C)O. The monoisotopic (exact) mass is 390 g/mol. The van der Waals surface area contributed by atoms with Gasteiger partial charge in [0, 0.05) is 6.54 Å². The van der Waals surface area contributed by atoms with Crippen LogP contribution in [0.4, 0.5) is 4.39 Å². The second-order valence-electron chi connectivity index (χ2n) is 6.10. The van der Waals surface area contributed by atoms with Gasteiger partial charge in [-0.15, -0.1) is 0 Å². The number of carbonyl (C=O) groups is 2. The summed E-state index contributed by atoms with van der Waals surface area (Å²) in [5.74, 6) is -2.06. The summed E-state index contributed by atoms with van der Waals surface area (Å²) >= 11 is 0. The van der Waals surface area contributed by atoms with Crippen LogP contribution in [0, 0.1) is 11.7 Å². The summed E-state index contributed by atoms with van der Waals surface area (Å²) in [5.41, 5.74) is 0. The van der Waals surface area contributed by atoms with Crippen molar-refractivity contribution in [1.82, 2.24) is 10.0 Å². The van der Waals surface area contributed by atoms with Crippen LogP contribution in [0.1, 0.15) is 20.8 Å². The molecule has 0 unspecified atom stereocenters. The molecule has 0 bridgehead atoms. The molecule has 10 heteroatoms. The number of esters is 1. The number of ether oxygens (including phenoxy) is 1. The molecule has 1 rings (SSSR count). The van der Waals surface area contributed by atoms with Gasteiger partial charge >= 0.3 is 5.97 Å². The Morgan fingerprint density at radius 3 is 2.27 bits per heavy atom. The van der Waals surface area contributed by atoms with E-state index in [1.54, 1.807) is 0 Å². The minimum atomic E-state index is -4.20. The molecule has 0 saturated carbocycles. The predicted octanol–water partition coefficient (Wildman–Crippen LogP) is 0.169. The van der Waals surface area contributed by atoms with Gasteiger partial charge in [-0.05, 0) is 37.1 Å². The molecule has 26 heavy (non-hydrogen) atoms. The normalized spacial score (nSPS) is 13.9. The van der Waals surface area contributed by atoms with Gasteiger partial charge in [0.1, 0.15) is 11.9 Å². The first-order valence-corrected chi connectivity index (χ1v) is 9.40. The minimum Gasteiger partial charge on any atom is -0.454 e. The van der Waals surface area contributed by atoms with Crippen molar-refractivity contribution in [3.63, 3.8) is 0 Å². The van der Waals surface area contributed by atoms with Crippen LogP contribution in [-0.2, 0) is 24.3 Å². The zero-order chi connectivity index (χ0) is 19.9. The number of halogens is 1. The second kappa shape index (κ2) is 9.60. The molecule has 0 spiro atoms. The standard InChI is InChI=1S/C16H23FN2O6S/c1-10(2)8-18-14(21)9-25-16(22)15(11(3)20)19-26(23,24)13-6-4-12(17)5-7-13/h4-7,10-11,15,19-20H,8-9H2,1-3H3,(H,18,21)/t11-,15-/m0/s1. The van der Waals surface area contributed by atoms with Crippen molar-refractivity contribution in [2.45, 2.75) is 37.8 Å². The summed E-state index contributed by atoms with van der Waals surface area (Å²) in [7, 11) is -4.20. The minimum absolute atomic E-state index is 0.211. The molecule has 0 saturated heterocycles. The quantitative estimate of drug-likeness (QED) is 0.517. The van der Waals surface area contributed by atoms with Crippen LogP contribution in [0.15, 0.2) is 29.2 Å². The molecule has 8 nitrogen and oxygen atoms in total. The van der Waals surface area contributed by atoms with Crippen LogP contribution >= 0.6 is 0 Å². The van der Waals surface area contributed by atoms with E-state index in [9.17, 15) is 27.5 Å². The van der Waals surface area contributed by atoms with Crippen LogP contribution in [0.25, 0.3) is 0 Å². The third-order valence-electron chi connectivity index (χ3n) is 3.20. The lowest BCUT2D eigenvalue weighted by atomic mass is 10.2. The number of benzene rings is 1. The molecule has 0 radical (unpaired) electrons. The van der Waals surface area contributed by atoms with Gasteiger partial charge in [-0.2, -0.15) is 4.72 Å². The van der Waals surface area contributed by atoms with Gasteiger partial charge in [0.25, 0.3) is 5.91 Å². The molecule has 2 atom stereocenters. The van der Waals surface area contributed by atoms with Gasteiger partial charge in [0.2, 0.25) is 10.0 Å². The van der Waals surface area contributed by atoms with Crippen molar-refractivity contribution in [1.29, 1.82) is 0 Å². The van der Waals surface area contributed by atoms with Crippen molar-refractivity contribution in [2.24, 2.45) is 5.92 Å². The van der Waals surface area contributed by atoms with Crippen LogP contribution < -0.4 is 10.0 Å². The van der Waals surface area contributed by atoms with E-state index in [4.69, 9.17) is 4.74 Å². The Morgan fingerprint density at radius 1 is 1.19 bits per heavy atom. The maximum absolute atomic E-state index is 12.9. The highest BCUT2D eigenvalue weighted by Crippen LogP contribution is 2.11. The number of hydrogen-bond donors (Lipinski definition) is 3. The lowest BCUT2D eigenvalue weighted by molar-refractivity contribution is -0.152. The third-order valence-corrected chi connectivity index (χ3v) is 4.65. The molecule has 0 aromatic heterocycles. The van der Waals surface area contributed by atoms with Crippen LogP contribution in [-0.4, -0.2) is 50.7 Å². The fourth-order valence-electron chi connectivity index (χ4n) is 1.79. The van der Waals surface area contributed by atoms with E-state index in [-0.39, 0.29) is 10.8 Å². The number of rotatable bonds is 9. The van der Waals surface area contributed by atoms with Crippen molar-refractivity contribution in [3.8, 4) is 0 Å². The van der Waals surface area contributed by atoms with Crippen molar-refractivity contribution < 1.29 is 32.2 Å². The molecule has 146 valence electrons. The summed E-state index contributed by atoms with van der Waals surface area (Å²) in [6.07, 6.45) is -1.42. The molecular weight excluding hydrogens is 367 g/mol. The molecular formula is C16H23FN2O6S. The summed E-state index contributed by atoms with van der Waals surface area (Å²) in [6.45, 7) is 4.76. The number of sulfonamides is 1. The largest absolute Gasteiger partial charge is 0.454 e. The Bertz CT molecular complexity index is 719. The number of nitrogens with one attached hydrogen (secondary N) is 2. The van der Waals surface area contributed by atoms with Crippen LogP contribution in [0.2, 0.25) is 0 Å². The lowest BCUT2D eigenvalue weighted by Crippen LogP contribution is -2.49. The van der Waals surface area contributed by atoms with Gasteiger partial charge in [-0.3, -0.25) is 9.59 Å². The predicted molar refractivity (Wildman–Crippen MR) is 91.0 cm³/mol. The molecule has 1 aromatic rings. The molecule has 0 aliphatic heterocycles. The third kappa shape index (κ3) is 7.06. The Kier molecular flexibility index (Phi) is 8.12. The lowest BCUT2D eigenvalue weighted by Gasteiger charge is -2.20. The highest BCUT2D eigenvalue weighted by Gasteiger charge is 2.31. The van der Waals surface area contributed by atoms with Gasteiger partial charge in [0.05, 0.1) is 11.0 Å². The molecule has 0 aliphatic carbocycles. The van der Waals surface area contributed by atoms with Crippen molar-refractivity contribution in [3.05, 3.63) is 30.1 Å². The Labute approximate surface area is 151 Å². The van der Waals surface area contributed by atoms with Crippen molar-refractivity contribution >= 4 is 21.9 Å². The topological polar surface area (TPSA) is 122 Å². The molecule has 1 amide bonds. The van der Waals surface area contributed by atoms with Gasteiger partial charge < -0.3 is 15.2 Å². The van der Waals surface area contributed by atoms with Gasteiger partial charge in [-0.25, -0.2) is 12.8 Å². The summed E-state index contributed by atoms with van der Waals surface area (Å²) in [4.78, 5) is 23.3. The maximum Gasteiger partial charge on any atom is 0.327 e. The average molecular weight is 390 g/mol. The molecule has 1 aromatic carbocycles. The van der Waals surface area contributed by atoms with Gasteiger partial charge in [0.15, 0.2) is 6.61 Å². The summed E-state index contributed by atoms with van der Waals surface area (Å²) < 4.78 is 44.2. The molecule has 3 N–H and O–H groups in total. The van der Waals surface area contributed by atoms with E-state index in [1.807, 2.05) is 18.6 Å². The first kappa shape index (κ1) is 22.0. The molecule has 0 heterocycles. The second-order valence-corrected chi connectivity index (χ2v) is 7.81. The molecule has 0 aliphatic rings. The number of aliphatic hydroxyl groups excluding tert-OH is 1. The van der Waals surface area contributed by atoms with E-state index in [0.29, 0.717) is 6.54 Å². The van der Waals surface area contributed by atoms with E-state index >= 15 is 0 Å². The zero-order valence-electron chi connectivity index (χ0n) is 14.7. The van der Waals surface area contributed by atoms with Crippen molar-refractivity contribution in [2.75, 3.05) is 13.2 Å². The molecule has 0 fully saturated rings. The van der Waals surface area contributed by atoms with Crippen LogP contribution in [0.3, 0.4) is 0 Å². The number of hydrogen-bond acceptors (Lipinski definition) is 6. The van der Waals surface area contributed by atoms with Crippen LogP contribution in [0.5, 0.6) is 0 Å². The highest BCUT2D eigenvalue weighted by molar-refractivity contribution is 7.89. The summed E-state index contributed by atoms with van der Waals surface area (Å²) in [6, 6.07) is 2.30. The first-order chi connectivity index (χ1) is 12.0. The van der Waals surface area contributed by atoms with E-state index < -0.39 is 46.5 Å². The maximum atomic E-state index is 12.9. The van der Waals surface area contributed by atoms with E-state index in [1.165, 1.54) is 6.92 Å². The highest BCUT2D eigenvalue weighted by atomic mass is 32.2. The van der Waals surface area contributed by atoms with E-state index in [0.717, 1.165) is 24.3 Å². The first-order valence-electron chi connectivity index (χ1n) is 7.92. The fourth-order valence-corrected chi connectivity index (χ4v) is 3.05. The number of carbonyl (C=O) groups excluding carboxylic acids is 2. The Morgan fingerprint density at radius 2 is 1.77 bits per heavy atom.